The highest BCUT2D eigenvalue weighted by Gasteiger charge is 2.26. The Morgan fingerprint density at radius 3 is 2.65 bits per heavy atom. The number of ketones is 1. The minimum atomic E-state index is 0.143. The van der Waals surface area contributed by atoms with Crippen molar-refractivity contribution >= 4 is 5.78 Å². The lowest BCUT2D eigenvalue weighted by atomic mass is 10.1. The molecule has 0 bridgehead atoms. The second kappa shape index (κ2) is 6.54. The Bertz CT molecular complexity index is 702. The summed E-state index contributed by atoms with van der Waals surface area (Å²) in [6.45, 7) is 0.753. The number of Topliss-reactive ketones (excluding diaryl/α,β-unsaturated/α-hetero) is 1. The van der Waals surface area contributed by atoms with E-state index in [0.29, 0.717) is 12.1 Å². The quantitative estimate of drug-likeness (QED) is 0.769. The lowest BCUT2D eigenvalue weighted by molar-refractivity contribution is 0.0966. The van der Waals surface area contributed by atoms with E-state index in [1.54, 1.807) is 7.11 Å². The zero-order chi connectivity index (χ0) is 16.4. The fourth-order valence-corrected chi connectivity index (χ4v) is 3.04. The lowest BCUT2D eigenvalue weighted by Gasteiger charge is -2.08. The van der Waals surface area contributed by atoms with Crippen LogP contribution in [-0.4, -0.2) is 48.2 Å². The van der Waals surface area contributed by atoms with Gasteiger partial charge < -0.3 is 9.64 Å². The first-order valence-electron chi connectivity index (χ1n) is 8.03. The summed E-state index contributed by atoms with van der Waals surface area (Å²) in [5.41, 5.74) is 3.97. The van der Waals surface area contributed by atoms with Gasteiger partial charge in [0.1, 0.15) is 11.4 Å². The molecule has 5 nitrogen and oxygen atoms in total. The van der Waals surface area contributed by atoms with Gasteiger partial charge in [0.05, 0.1) is 12.8 Å². The lowest BCUT2D eigenvalue weighted by Crippen LogP contribution is -2.17. The Kier molecular flexibility index (Phi) is 4.48. The van der Waals surface area contributed by atoms with Crippen LogP contribution in [0.15, 0.2) is 24.3 Å². The highest BCUT2D eigenvalue weighted by Crippen LogP contribution is 2.29. The largest absolute Gasteiger partial charge is 0.497 e. The first-order chi connectivity index (χ1) is 11.1. The average molecular weight is 313 g/mol. The van der Waals surface area contributed by atoms with Crippen LogP contribution in [0.25, 0.3) is 5.69 Å². The molecule has 3 rings (SSSR count). The Labute approximate surface area is 136 Å². The SMILES string of the molecule is COc1ccc(-n2nc(C(=O)CCN(C)C)c3c2CCC3)cc1. The van der Waals surface area contributed by atoms with E-state index < -0.39 is 0 Å². The molecule has 0 aliphatic heterocycles. The molecular weight excluding hydrogens is 290 g/mol. The minimum absolute atomic E-state index is 0.143. The van der Waals surface area contributed by atoms with E-state index >= 15 is 0 Å². The molecule has 0 saturated carbocycles. The molecule has 1 aromatic heterocycles. The first kappa shape index (κ1) is 15.7. The molecule has 1 aliphatic carbocycles. The maximum atomic E-state index is 12.5. The van der Waals surface area contributed by atoms with Crippen molar-refractivity contribution in [2.75, 3.05) is 27.7 Å². The molecule has 0 atom stereocenters. The number of methoxy groups -OCH3 is 1. The van der Waals surface area contributed by atoms with E-state index in [1.807, 2.05) is 47.9 Å². The topological polar surface area (TPSA) is 47.4 Å². The van der Waals surface area contributed by atoms with Gasteiger partial charge in [0.25, 0.3) is 0 Å². The van der Waals surface area contributed by atoms with Crippen molar-refractivity contribution in [2.24, 2.45) is 0 Å². The third-order valence-electron chi connectivity index (χ3n) is 4.30. The minimum Gasteiger partial charge on any atom is -0.497 e. The van der Waals surface area contributed by atoms with Gasteiger partial charge in [0.2, 0.25) is 0 Å². The predicted octanol–water partition coefficient (Wildman–Crippen LogP) is 2.50. The number of rotatable bonds is 6. The molecule has 5 heteroatoms. The number of benzene rings is 1. The van der Waals surface area contributed by atoms with Crippen LogP contribution in [0.3, 0.4) is 0 Å². The maximum Gasteiger partial charge on any atom is 0.184 e. The number of aromatic nitrogens is 2. The molecule has 0 unspecified atom stereocenters. The smallest absolute Gasteiger partial charge is 0.184 e. The van der Waals surface area contributed by atoms with Gasteiger partial charge in [-0.1, -0.05) is 0 Å². The van der Waals surface area contributed by atoms with Gasteiger partial charge in [-0.25, -0.2) is 4.68 Å². The summed E-state index contributed by atoms with van der Waals surface area (Å²) in [6, 6.07) is 7.81. The summed E-state index contributed by atoms with van der Waals surface area (Å²) in [6.07, 6.45) is 3.54. The monoisotopic (exact) mass is 313 g/mol. The maximum absolute atomic E-state index is 12.5. The van der Waals surface area contributed by atoms with Crippen molar-refractivity contribution in [1.82, 2.24) is 14.7 Å². The second-order valence-electron chi connectivity index (χ2n) is 6.21. The molecule has 0 N–H and O–H groups in total. The Balaban J connectivity index is 1.93. The number of fused-ring (bicyclic) bond motifs is 1. The van der Waals surface area contributed by atoms with E-state index in [0.717, 1.165) is 42.8 Å². The molecule has 1 aliphatic rings. The van der Waals surface area contributed by atoms with Crippen molar-refractivity contribution in [1.29, 1.82) is 0 Å². The number of carbonyl (C=O) groups is 1. The standard InChI is InChI=1S/C18H23N3O2/c1-20(2)12-11-17(22)18-15-5-4-6-16(15)21(19-18)13-7-9-14(23-3)10-8-13/h7-10H,4-6,11-12H2,1-3H3. The third kappa shape index (κ3) is 3.15. The molecule has 1 aromatic carbocycles. The average Bonchev–Trinajstić information content (AvgIpc) is 3.15. The molecule has 0 amide bonds. The number of hydrogen-bond acceptors (Lipinski definition) is 4. The van der Waals surface area contributed by atoms with Crippen LogP contribution in [0.4, 0.5) is 0 Å². The van der Waals surface area contributed by atoms with Crippen LogP contribution in [0.2, 0.25) is 0 Å². The summed E-state index contributed by atoms with van der Waals surface area (Å²) in [4.78, 5) is 14.6. The molecule has 0 saturated heterocycles. The van der Waals surface area contributed by atoms with Gasteiger partial charge in [-0.3, -0.25) is 4.79 Å². The Hall–Kier alpha value is -2.14. The van der Waals surface area contributed by atoms with Crippen molar-refractivity contribution in [3.8, 4) is 11.4 Å². The van der Waals surface area contributed by atoms with Crippen molar-refractivity contribution in [2.45, 2.75) is 25.7 Å². The van der Waals surface area contributed by atoms with Gasteiger partial charge >= 0.3 is 0 Å². The molecule has 122 valence electrons. The van der Waals surface area contributed by atoms with Crippen LogP contribution in [-0.2, 0) is 12.8 Å². The fraction of sp³-hybridized carbons (Fsp3) is 0.444. The van der Waals surface area contributed by atoms with Gasteiger partial charge in [0, 0.05) is 24.2 Å². The molecule has 0 radical (unpaired) electrons. The molecule has 2 aromatic rings. The summed E-state index contributed by atoms with van der Waals surface area (Å²) < 4.78 is 7.14. The second-order valence-corrected chi connectivity index (χ2v) is 6.21. The van der Waals surface area contributed by atoms with Crippen molar-refractivity contribution in [3.63, 3.8) is 0 Å². The summed E-state index contributed by atoms with van der Waals surface area (Å²) >= 11 is 0. The highest BCUT2D eigenvalue weighted by atomic mass is 16.5. The van der Waals surface area contributed by atoms with Crippen LogP contribution < -0.4 is 4.74 Å². The van der Waals surface area contributed by atoms with Crippen molar-refractivity contribution in [3.05, 3.63) is 41.2 Å². The van der Waals surface area contributed by atoms with Crippen LogP contribution >= 0.6 is 0 Å². The van der Waals surface area contributed by atoms with Gasteiger partial charge in [0.15, 0.2) is 5.78 Å². The summed E-state index contributed by atoms with van der Waals surface area (Å²) in [7, 11) is 5.61. The molecule has 0 spiro atoms. The summed E-state index contributed by atoms with van der Waals surface area (Å²) in [5, 5.41) is 4.64. The van der Waals surface area contributed by atoms with E-state index in [2.05, 4.69) is 5.10 Å². The number of hydrogen-bond donors (Lipinski definition) is 0. The van der Waals surface area contributed by atoms with E-state index in [1.165, 1.54) is 5.69 Å². The molecular formula is C18H23N3O2. The van der Waals surface area contributed by atoms with Gasteiger partial charge in [-0.05, 0) is 57.6 Å². The third-order valence-corrected chi connectivity index (χ3v) is 4.30. The molecule has 1 heterocycles. The predicted molar refractivity (Wildman–Crippen MR) is 89.6 cm³/mol. The Morgan fingerprint density at radius 2 is 2.00 bits per heavy atom. The molecule has 23 heavy (non-hydrogen) atoms. The van der Waals surface area contributed by atoms with Crippen molar-refractivity contribution < 1.29 is 9.53 Å². The zero-order valence-electron chi connectivity index (χ0n) is 14.0. The van der Waals surface area contributed by atoms with E-state index in [-0.39, 0.29) is 5.78 Å². The van der Waals surface area contributed by atoms with Gasteiger partial charge in [-0.15, -0.1) is 0 Å². The Morgan fingerprint density at radius 1 is 1.26 bits per heavy atom. The van der Waals surface area contributed by atoms with Crippen LogP contribution in [0.5, 0.6) is 5.75 Å². The first-order valence-corrected chi connectivity index (χ1v) is 8.03. The normalized spacial score (nSPS) is 13.4. The fourth-order valence-electron chi connectivity index (χ4n) is 3.04. The number of nitrogens with zero attached hydrogens (tertiary/aromatic N) is 3. The summed E-state index contributed by atoms with van der Waals surface area (Å²) in [5.74, 6) is 0.962. The molecule has 0 fully saturated rings. The van der Waals surface area contributed by atoms with Crippen LogP contribution in [0, 0.1) is 0 Å². The zero-order valence-corrected chi connectivity index (χ0v) is 14.0. The van der Waals surface area contributed by atoms with E-state index in [9.17, 15) is 4.79 Å². The van der Waals surface area contributed by atoms with E-state index in [4.69, 9.17) is 4.74 Å². The number of carbonyl (C=O) groups excluding carboxylic acids is 1. The highest BCUT2D eigenvalue weighted by molar-refractivity contribution is 5.96. The van der Waals surface area contributed by atoms with Gasteiger partial charge in [-0.2, -0.15) is 5.10 Å². The van der Waals surface area contributed by atoms with Crippen LogP contribution in [0.1, 0.15) is 34.6 Å². The number of ether oxygens (including phenoxy) is 1.